The number of carbonyl (C=O) groups is 1. The van der Waals surface area contributed by atoms with Crippen LogP contribution in [-0.4, -0.2) is 39.8 Å². The monoisotopic (exact) mass is 354 g/mol. The summed E-state index contributed by atoms with van der Waals surface area (Å²) < 4.78 is 10.4. The molecule has 0 spiro atoms. The maximum atomic E-state index is 12.3. The maximum absolute atomic E-state index is 12.3. The van der Waals surface area contributed by atoms with E-state index >= 15 is 0 Å². The molecule has 5 nitrogen and oxygen atoms in total. The molecule has 0 bridgehead atoms. The van der Waals surface area contributed by atoms with Crippen molar-refractivity contribution in [2.75, 3.05) is 38.8 Å². The van der Waals surface area contributed by atoms with E-state index in [0.29, 0.717) is 23.6 Å². The quantitative estimate of drug-likeness (QED) is 0.829. The summed E-state index contributed by atoms with van der Waals surface area (Å²) >= 11 is 0. The van der Waals surface area contributed by atoms with E-state index < -0.39 is 0 Å². The molecule has 26 heavy (non-hydrogen) atoms. The molecule has 1 saturated heterocycles. The average molecular weight is 354 g/mol. The van der Waals surface area contributed by atoms with E-state index in [2.05, 4.69) is 34.5 Å². The Bertz CT molecular complexity index is 737. The smallest absolute Gasteiger partial charge is 0.251 e. The van der Waals surface area contributed by atoms with Crippen LogP contribution in [-0.2, 0) is 6.42 Å². The van der Waals surface area contributed by atoms with E-state index in [9.17, 15) is 4.79 Å². The molecule has 2 aromatic rings. The molecule has 1 aliphatic heterocycles. The van der Waals surface area contributed by atoms with Crippen molar-refractivity contribution in [3.8, 4) is 11.5 Å². The minimum atomic E-state index is -0.111. The van der Waals surface area contributed by atoms with Gasteiger partial charge in [-0.2, -0.15) is 0 Å². The third-order valence-electron chi connectivity index (χ3n) is 4.75. The lowest BCUT2D eigenvalue weighted by Crippen LogP contribution is -2.25. The third kappa shape index (κ3) is 4.28. The van der Waals surface area contributed by atoms with Gasteiger partial charge in [0.2, 0.25) is 0 Å². The normalized spacial score (nSPS) is 13.5. The van der Waals surface area contributed by atoms with Crippen LogP contribution in [0.5, 0.6) is 11.5 Å². The first kappa shape index (κ1) is 18.1. The molecule has 1 fully saturated rings. The summed E-state index contributed by atoms with van der Waals surface area (Å²) in [6.45, 7) is 2.90. The van der Waals surface area contributed by atoms with Crippen molar-refractivity contribution < 1.29 is 14.3 Å². The first-order valence-corrected chi connectivity index (χ1v) is 9.05. The van der Waals surface area contributed by atoms with E-state index in [1.165, 1.54) is 24.1 Å². The van der Waals surface area contributed by atoms with Crippen molar-refractivity contribution >= 4 is 11.6 Å². The summed E-state index contributed by atoms with van der Waals surface area (Å²) in [5.41, 5.74) is 3.08. The van der Waals surface area contributed by atoms with Gasteiger partial charge in [0.05, 0.1) is 14.2 Å². The molecule has 2 aromatic carbocycles. The fraction of sp³-hybridized carbons (Fsp3) is 0.381. The Morgan fingerprint density at radius 3 is 2.35 bits per heavy atom. The second-order valence-electron chi connectivity index (χ2n) is 6.44. The topological polar surface area (TPSA) is 50.8 Å². The predicted molar refractivity (Wildman–Crippen MR) is 103 cm³/mol. The highest BCUT2D eigenvalue weighted by Gasteiger charge is 2.12. The standard InChI is InChI=1S/C21H26N2O3/c1-25-19-10-7-17(15-20(19)26-2)21(24)22-12-11-16-5-8-18(9-6-16)23-13-3-4-14-23/h5-10,15H,3-4,11-14H2,1-2H3,(H,22,24). The molecule has 0 atom stereocenters. The zero-order chi connectivity index (χ0) is 18.4. The van der Waals surface area contributed by atoms with Crippen LogP contribution in [0.1, 0.15) is 28.8 Å². The van der Waals surface area contributed by atoms with Crippen LogP contribution in [0, 0.1) is 0 Å². The predicted octanol–water partition coefficient (Wildman–Crippen LogP) is 3.28. The van der Waals surface area contributed by atoms with Crippen LogP contribution in [0.4, 0.5) is 5.69 Å². The van der Waals surface area contributed by atoms with Crippen molar-refractivity contribution in [2.24, 2.45) is 0 Å². The Morgan fingerprint density at radius 1 is 1.00 bits per heavy atom. The zero-order valence-corrected chi connectivity index (χ0v) is 15.5. The van der Waals surface area contributed by atoms with E-state index in [0.717, 1.165) is 19.5 Å². The highest BCUT2D eigenvalue weighted by molar-refractivity contribution is 5.94. The number of methoxy groups -OCH3 is 2. The molecule has 1 N–H and O–H groups in total. The molecule has 0 saturated carbocycles. The largest absolute Gasteiger partial charge is 0.493 e. The minimum Gasteiger partial charge on any atom is -0.493 e. The minimum absolute atomic E-state index is 0.111. The molecule has 1 aliphatic rings. The van der Waals surface area contributed by atoms with Gasteiger partial charge in [-0.1, -0.05) is 12.1 Å². The Kier molecular flexibility index (Phi) is 6.00. The van der Waals surface area contributed by atoms with E-state index in [1.54, 1.807) is 32.4 Å². The molecule has 1 heterocycles. The Labute approximate surface area is 154 Å². The molecule has 5 heteroatoms. The molecular formula is C21H26N2O3. The van der Waals surface area contributed by atoms with Crippen LogP contribution in [0.15, 0.2) is 42.5 Å². The number of hydrogen-bond donors (Lipinski definition) is 1. The number of benzene rings is 2. The molecule has 0 unspecified atom stereocenters. The van der Waals surface area contributed by atoms with Crippen LogP contribution in [0.25, 0.3) is 0 Å². The van der Waals surface area contributed by atoms with Crippen molar-refractivity contribution in [2.45, 2.75) is 19.3 Å². The van der Waals surface area contributed by atoms with Gasteiger partial charge in [0.15, 0.2) is 11.5 Å². The highest BCUT2D eigenvalue weighted by atomic mass is 16.5. The number of carbonyl (C=O) groups excluding carboxylic acids is 1. The van der Waals surface area contributed by atoms with Crippen LogP contribution < -0.4 is 19.7 Å². The SMILES string of the molecule is COc1ccc(C(=O)NCCc2ccc(N3CCCC3)cc2)cc1OC. The summed E-state index contributed by atoms with van der Waals surface area (Å²) in [7, 11) is 3.14. The lowest BCUT2D eigenvalue weighted by atomic mass is 10.1. The van der Waals surface area contributed by atoms with Crippen LogP contribution >= 0.6 is 0 Å². The summed E-state index contributed by atoms with van der Waals surface area (Å²) in [5.74, 6) is 1.06. The van der Waals surface area contributed by atoms with Gasteiger partial charge < -0.3 is 19.7 Å². The summed E-state index contributed by atoms with van der Waals surface area (Å²) in [5, 5.41) is 2.96. The lowest BCUT2D eigenvalue weighted by Gasteiger charge is -2.17. The van der Waals surface area contributed by atoms with Gasteiger partial charge in [-0.3, -0.25) is 4.79 Å². The summed E-state index contributed by atoms with van der Waals surface area (Å²) in [6.07, 6.45) is 3.37. The average Bonchev–Trinajstić information content (AvgIpc) is 3.22. The highest BCUT2D eigenvalue weighted by Crippen LogP contribution is 2.27. The number of anilines is 1. The van der Waals surface area contributed by atoms with Crippen molar-refractivity contribution in [3.63, 3.8) is 0 Å². The number of nitrogens with zero attached hydrogens (tertiary/aromatic N) is 1. The Morgan fingerprint density at radius 2 is 1.69 bits per heavy atom. The molecule has 0 aliphatic carbocycles. The third-order valence-corrected chi connectivity index (χ3v) is 4.75. The number of ether oxygens (including phenoxy) is 2. The Balaban J connectivity index is 1.52. The van der Waals surface area contributed by atoms with E-state index in [1.807, 2.05) is 0 Å². The van der Waals surface area contributed by atoms with Gasteiger partial charge >= 0.3 is 0 Å². The summed E-state index contributed by atoms with van der Waals surface area (Å²) in [4.78, 5) is 14.7. The van der Waals surface area contributed by atoms with Gasteiger partial charge in [0, 0.05) is 30.9 Å². The summed E-state index contributed by atoms with van der Waals surface area (Å²) in [6, 6.07) is 13.8. The van der Waals surface area contributed by atoms with Gasteiger partial charge in [0.1, 0.15) is 0 Å². The molecule has 138 valence electrons. The second kappa shape index (κ2) is 8.61. The molecule has 3 rings (SSSR count). The number of rotatable bonds is 7. The fourth-order valence-electron chi connectivity index (χ4n) is 3.25. The first-order valence-electron chi connectivity index (χ1n) is 9.05. The van der Waals surface area contributed by atoms with Crippen molar-refractivity contribution in [3.05, 3.63) is 53.6 Å². The molecule has 1 amide bonds. The van der Waals surface area contributed by atoms with Crippen LogP contribution in [0.2, 0.25) is 0 Å². The number of hydrogen-bond acceptors (Lipinski definition) is 4. The second-order valence-corrected chi connectivity index (χ2v) is 6.44. The van der Waals surface area contributed by atoms with Gasteiger partial charge in [-0.15, -0.1) is 0 Å². The molecule has 0 radical (unpaired) electrons. The fourth-order valence-corrected chi connectivity index (χ4v) is 3.25. The first-order chi connectivity index (χ1) is 12.7. The lowest BCUT2D eigenvalue weighted by molar-refractivity contribution is 0.0953. The van der Waals surface area contributed by atoms with E-state index in [-0.39, 0.29) is 5.91 Å². The van der Waals surface area contributed by atoms with Gasteiger partial charge in [-0.25, -0.2) is 0 Å². The molecule has 0 aromatic heterocycles. The maximum Gasteiger partial charge on any atom is 0.251 e. The van der Waals surface area contributed by atoms with Crippen molar-refractivity contribution in [1.29, 1.82) is 0 Å². The van der Waals surface area contributed by atoms with Gasteiger partial charge in [-0.05, 0) is 55.2 Å². The van der Waals surface area contributed by atoms with Crippen molar-refractivity contribution in [1.82, 2.24) is 5.32 Å². The number of amides is 1. The number of nitrogens with one attached hydrogen (secondary N) is 1. The Hall–Kier alpha value is -2.69. The zero-order valence-electron chi connectivity index (χ0n) is 15.5. The molecular weight excluding hydrogens is 328 g/mol. The van der Waals surface area contributed by atoms with Gasteiger partial charge in [0.25, 0.3) is 5.91 Å². The van der Waals surface area contributed by atoms with Crippen LogP contribution in [0.3, 0.4) is 0 Å². The van der Waals surface area contributed by atoms with E-state index in [4.69, 9.17) is 9.47 Å².